The van der Waals surface area contributed by atoms with Crippen molar-refractivity contribution in [1.82, 2.24) is 4.98 Å². The number of hydrogen-bond acceptors (Lipinski definition) is 2. The molecule has 2 heteroatoms. The van der Waals surface area contributed by atoms with Crippen LogP contribution in [-0.2, 0) is 6.42 Å². The van der Waals surface area contributed by atoms with Gasteiger partial charge in [-0.3, -0.25) is 4.98 Å². The number of aryl methyl sites for hydroxylation is 1. The minimum atomic E-state index is 0.904. The van der Waals surface area contributed by atoms with Crippen LogP contribution in [0.15, 0.2) is 30.5 Å². The van der Waals surface area contributed by atoms with Crippen LogP contribution in [-0.4, -0.2) is 4.98 Å². The van der Waals surface area contributed by atoms with Gasteiger partial charge in [0.05, 0.1) is 5.52 Å². The molecule has 0 bridgehead atoms. The van der Waals surface area contributed by atoms with Gasteiger partial charge in [-0.25, -0.2) is 0 Å². The average Bonchev–Trinajstić information content (AvgIpc) is 2.33. The average molecular weight is 214 g/mol. The van der Waals surface area contributed by atoms with Crippen molar-refractivity contribution in [3.63, 3.8) is 0 Å². The summed E-state index contributed by atoms with van der Waals surface area (Å²) in [6.45, 7) is 2.21. The second-order valence-electron chi connectivity index (χ2n) is 4.17. The van der Waals surface area contributed by atoms with E-state index in [1.54, 1.807) is 0 Å². The van der Waals surface area contributed by atoms with Gasteiger partial charge in [0.2, 0.25) is 0 Å². The van der Waals surface area contributed by atoms with E-state index in [4.69, 9.17) is 5.73 Å². The van der Waals surface area contributed by atoms with E-state index in [9.17, 15) is 0 Å². The fraction of sp³-hybridized carbons (Fsp3) is 0.357. The highest BCUT2D eigenvalue weighted by Gasteiger charge is 2.04. The van der Waals surface area contributed by atoms with E-state index in [1.165, 1.54) is 24.8 Å². The number of benzene rings is 1. The minimum absolute atomic E-state index is 0.904. The van der Waals surface area contributed by atoms with Crippen LogP contribution >= 0.6 is 0 Å². The van der Waals surface area contributed by atoms with Gasteiger partial charge in [-0.1, -0.05) is 38.0 Å². The van der Waals surface area contributed by atoms with Crippen LogP contribution in [0.4, 0.5) is 5.69 Å². The molecule has 84 valence electrons. The van der Waals surface area contributed by atoms with E-state index in [-0.39, 0.29) is 0 Å². The van der Waals surface area contributed by atoms with E-state index < -0.39 is 0 Å². The molecule has 1 aromatic carbocycles. The molecule has 0 aliphatic carbocycles. The maximum Gasteiger partial charge on any atom is 0.0722 e. The number of para-hydroxylation sites is 1. The Kier molecular flexibility index (Phi) is 3.40. The first kappa shape index (κ1) is 10.9. The lowest BCUT2D eigenvalue weighted by Crippen LogP contribution is -1.97. The summed E-state index contributed by atoms with van der Waals surface area (Å²) in [5, 5.41) is 1.08. The van der Waals surface area contributed by atoms with Gasteiger partial charge in [-0.05, 0) is 24.5 Å². The summed E-state index contributed by atoms with van der Waals surface area (Å²) in [4.78, 5) is 4.44. The number of anilines is 1. The number of aromatic nitrogens is 1. The lowest BCUT2D eigenvalue weighted by molar-refractivity contribution is 0.717. The molecule has 1 aromatic heterocycles. The van der Waals surface area contributed by atoms with Gasteiger partial charge in [-0.15, -0.1) is 0 Å². The van der Waals surface area contributed by atoms with Crippen molar-refractivity contribution in [1.29, 1.82) is 0 Å². The number of fused-ring (bicyclic) bond motifs is 1. The van der Waals surface area contributed by atoms with E-state index in [1.807, 2.05) is 30.5 Å². The Hall–Kier alpha value is -1.57. The van der Waals surface area contributed by atoms with Gasteiger partial charge in [0.15, 0.2) is 0 Å². The third kappa shape index (κ3) is 2.16. The van der Waals surface area contributed by atoms with Crippen molar-refractivity contribution in [3.05, 3.63) is 36.0 Å². The molecule has 1 heterocycles. The van der Waals surface area contributed by atoms with E-state index >= 15 is 0 Å². The van der Waals surface area contributed by atoms with E-state index in [0.717, 1.165) is 23.0 Å². The molecule has 0 atom stereocenters. The Bertz CT molecular complexity index is 477. The molecule has 16 heavy (non-hydrogen) atoms. The molecule has 0 unspecified atom stereocenters. The molecule has 0 saturated carbocycles. The number of nitrogens with zero attached hydrogens (tertiary/aromatic N) is 1. The molecule has 0 aliphatic heterocycles. The predicted octanol–water partition coefficient (Wildman–Crippen LogP) is 3.55. The molecule has 0 saturated heterocycles. The zero-order chi connectivity index (χ0) is 11.4. The lowest BCUT2D eigenvalue weighted by atomic mass is 10.0. The van der Waals surface area contributed by atoms with Crippen LogP contribution in [0.3, 0.4) is 0 Å². The van der Waals surface area contributed by atoms with Crippen LogP contribution in [0, 0.1) is 0 Å². The molecule has 2 nitrogen and oxygen atoms in total. The summed E-state index contributed by atoms with van der Waals surface area (Å²) in [5.41, 5.74) is 9.24. The van der Waals surface area contributed by atoms with E-state index in [0.29, 0.717) is 0 Å². The summed E-state index contributed by atoms with van der Waals surface area (Å²) in [6, 6.07) is 8.05. The van der Waals surface area contributed by atoms with Crippen LogP contribution in [0.1, 0.15) is 31.7 Å². The maximum absolute atomic E-state index is 6.16. The Morgan fingerprint density at radius 2 is 2.00 bits per heavy atom. The second-order valence-corrected chi connectivity index (χ2v) is 4.17. The largest absolute Gasteiger partial charge is 0.398 e. The minimum Gasteiger partial charge on any atom is -0.398 e. The SMILES string of the molecule is CCCCCc1cnc2ccccc2c1N. The summed E-state index contributed by atoms with van der Waals surface area (Å²) < 4.78 is 0. The molecule has 2 rings (SSSR count). The fourth-order valence-electron chi connectivity index (χ4n) is 1.97. The molecule has 0 spiro atoms. The second kappa shape index (κ2) is 4.97. The van der Waals surface area contributed by atoms with Crippen LogP contribution in [0.25, 0.3) is 10.9 Å². The number of hydrogen-bond donors (Lipinski definition) is 1. The van der Waals surface area contributed by atoms with Gasteiger partial charge in [0.1, 0.15) is 0 Å². The first-order valence-electron chi connectivity index (χ1n) is 5.95. The zero-order valence-electron chi connectivity index (χ0n) is 9.74. The molecule has 0 amide bonds. The highest BCUT2D eigenvalue weighted by Crippen LogP contribution is 2.23. The monoisotopic (exact) mass is 214 g/mol. The number of rotatable bonds is 4. The van der Waals surface area contributed by atoms with Crippen LogP contribution in [0.2, 0.25) is 0 Å². The van der Waals surface area contributed by atoms with Crippen molar-refractivity contribution < 1.29 is 0 Å². The number of nitrogen functional groups attached to an aromatic ring is 1. The summed E-state index contributed by atoms with van der Waals surface area (Å²) in [5.74, 6) is 0. The third-order valence-electron chi connectivity index (χ3n) is 2.95. The molecular weight excluding hydrogens is 196 g/mol. The molecule has 0 fully saturated rings. The first-order valence-corrected chi connectivity index (χ1v) is 5.95. The van der Waals surface area contributed by atoms with Gasteiger partial charge >= 0.3 is 0 Å². The Morgan fingerprint density at radius 1 is 1.19 bits per heavy atom. The van der Waals surface area contributed by atoms with Crippen LogP contribution in [0.5, 0.6) is 0 Å². The Labute approximate surface area is 96.5 Å². The topological polar surface area (TPSA) is 38.9 Å². The lowest BCUT2D eigenvalue weighted by Gasteiger charge is -2.07. The molecule has 2 aromatic rings. The smallest absolute Gasteiger partial charge is 0.0722 e. The predicted molar refractivity (Wildman–Crippen MR) is 69.4 cm³/mol. The molecule has 2 N–H and O–H groups in total. The van der Waals surface area contributed by atoms with Crippen molar-refractivity contribution in [2.45, 2.75) is 32.6 Å². The number of nitrogens with two attached hydrogens (primary N) is 1. The Balaban J connectivity index is 2.29. The van der Waals surface area contributed by atoms with E-state index in [2.05, 4.69) is 11.9 Å². The van der Waals surface area contributed by atoms with Crippen molar-refractivity contribution in [2.24, 2.45) is 0 Å². The zero-order valence-corrected chi connectivity index (χ0v) is 9.74. The molecule has 0 radical (unpaired) electrons. The number of unbranched alkanes of at least 4 members (excludes halogenated alkanes) is 2. The summed E-state index contributed by atoms with van der Waals surface area (Å²) >= 11 is 0. The molecular formula is C14H18N2. The number of pyridine rings is 1. The van der Waals surface area contributed by atoms with Gasteiger partial charge in [0.25, 0.3) is 0 Å². The highest BCUT2D eigenvalue weighted by atomic mass is 14.7. The van der Waals surface area contributed by atoms with Gasteiger partial charge < -0.3 is 5.73 Å². The van der Waals surface area contributed by atoms with Crippen molar-refractivity contribution in [2.75, 3.05) is 5.73 Å². The fourth-order valence-corrected chi connectivity index (χ4v) is 1.97. The van der Waals surface area contributed by atoms with Gasteiger partial charge in [0, 0.05) is 17.3 Å². The Morgan fingerprint density at radius 3 is 2.81 bits per heavy atom. The summed E-state index contributed by atoms with van der Waals surface area (Å²) in [6.07, 6.45) is 6.65. The van der Waals surface area contributed by atoms with Crippen molar-refractivity contribution in [3.8, 4) is 0 Å². The maximum atomic E-state index is 6.16. The van der Waals surface area contributed by atoms with Crippen molar-refractivity contribution >= 4 is 16.6 Å². The summed E-state index contributed by atoms with van der Waals surface area (Å²) in [7, 11) is 0. The first-order chi connectivity index (χ1) is 7.83. The third-order valence-corrected chi connectivity index (χ3v) is 2.95. The normalized spacial score (nSPS) is 10.8. The molecule has 0 aliphatic rings. The van der Waals surface area contributed by atoms with Gasteiger partial charge in [-0.2, -0.15) is 0 Å². The quantitative estimate of drug-likeness (QED) is 0.790. The van der Waals surface area contributed by atoms with Crippen LogP contribution < -0.4 is 5.73 Å². The highest BCUT2D eigenvalue weighted by molar-refractivity contribution is 5.91. The standard InChI is InChI=1S/C14H18N2/c1-2-3-4-7-11-10-16-13-9-6-5-8-12(13)14(11)15/h5-6,8-10H,2-4,7H2,1H3,(H2,15,16).